The lowest BCUT2D eigenvalue weighted by atomic mass is 10.0. The predicted molar refractivity (Wildman–Crippen MR) is 85.6 cm³/mol. The molecule has 2 nitrogen and oxygen atoms in total. The fraction of sp³-hybridized carbons (Fsp3) is 0.235. The Morgan fingerprint density at radius 1 is 1.24 bits per heavy atom. The van der Waals surface area contributed by atoms with Crippen molar-refractivity contribution in [1.82, 2.24) is 0 Å². The molecule has 1 aliphatic rings. The van der Waals surface area contributed by atoms with Gasteiger partial charge in [-0.05, 0) is 36.6 Å². The fourth-order valence-corrected chi connectivity index (χ4v) is 3.13. The average molecular weight is 348 g/mol. The van der Waals surface area contributed by atoms with Crippen molar-refractivity contribution in [2.75, 3.05) is 7.11 Å². The van der Waals surface area contributed by atoms with E-state index in [0.29, 0.717) is 0 Å². The number of nitrogens with zero attached hydrogens (tertiary/aromatic N) is 1. The van der Waals surface area contributed by atoms with E-state index in [9.17, 15) is 4.39 Å². The Labute approximate surface area is 131 Å². The third kappa shape index (κ3) is 2.86. The molecule has 0 spiro atoms. The van der Waals surface area contributed by atoms with Crippen molar-refractivity contribution in [3.05, 3.63) is 63.9 Å². The molecule has 21 heavy (non-hydrogen) atoms. The van der Waals surface area contributed by atoms with Crippen LogP contribution in [0.25, 0.3) is 0 Å². The van der Waals surface area contributed by atoms with Gasteiger partial charge in [-0.2, -0.15) is 0 Å². The summed E-state index contributed by atoms with van der Waals surface area (Å²) < 4.78 is 19.8. The molecule has 0 bridgehead atoms. The quantitative estimate of drug-likeness (QED) is 0.771. The highest BCUT2D eigenvalue weighted by atomic mass is 79.9. The van der Waals surface area contributed by atoms with Crippen LogP contribution in [0.2, 0.25) is 0 Å². The Hall–Kier alpha value is -1.68. The van der Waals surface area contributed by atoms with Gasteiger partial charge in [0.25, 0.3) is 0 Å². The Morgan fingerprint density at radius 2 is 2.05 bits per heavy atom. The smallest absolute Gasteiger partial charge is 0.165 e. The van der Waals surface area contributed by atoms with Crippen molar-refractivity contribution >= 4 is 21.6 Å². The third-order valence-electron chi connectivity index (χ3n) is 3.71. The summed E-state index contributed by atoms with van der Waals surface area (Å²) in [6.45, 7) is 0. The summed E-state index contributed by atoms with van der Waals surface area (Å²) in [6.07, 6.45) is 1.81. The van der Waals surface area contributed by atoms with Crippen LogP contribution < -0.4 is 4.74 Å². The monoisotopic (exact) mass is 347 g/mol. The second-order valence-electron chi connectivity index (χ2n) is 5.00. The Balaban J connectivity index is 1.89. The number of ether oxygens (including phenoxy) is 1. The summed E-state index contributed by atoms with van der Waals surface area (Å²) >= 11 is 3.56. The summed E-state index contributed by atoms with van der Waals surface area (Å²) in [7, 11) is 1.47. The maximum atomic E-state index is 13.8. The van der Waals surface area contributed by atoms with Crippen LogP contribution in [0.1, 0.15) is 30.0 Å². The molecule has 0 fully saturated rings. The van der Waals surface area contributed by atoms with Gasteiger partial charge in [-0.25, -0.2) is 4.39 Å². The zero-order valence-electron chi connectivity index (χ0n) is 11.6. The minimum absolute atomic E-state index is 0.0208. The molecule has 0 radical (unpaired) electrons. The van der Waals surface area contributed by atoms with Gasteiger partial charge in [-0.1, -0.05) is 40.2 Å². The van der Waals surface area contributed by atoms with E-state index >= 15 is 0 Å². The predicted octanol–water partition coefficient (Wildman–Crippen LogP) is 4.92. The van der Waals surface area contributed by atoms with E-state index < -0.39 is 0 Å². The molecule has 0 saturated carbocycles. The van der Waals surface area contributed by atoms with Crippen LogP contribution in [-0.4, -0.2) is 12.8 Å². The zero-order valence-corrected chi connectivity index (χ0v) is 13.2. The van der Waals surface area contributed by atoms with Gasteiger partial charge in [0.1, 0.15) is 0 Å². The number of hydrogen-bond donors (Lipinski definition) is 0. The van der Waals surface area contributed by atoms with Crippen molar-refractivity contribution in [3.8, 4) is 5.75 Å². The Morgan fingerprint density at radius 3 is 2.76 bits per heavy atom. The second-order valence-corrected chi connectivity index (χ2v) is 5.86. The summed E-state index contributed by atoms with van der Waals surface area (Å²) in [5.41, 5.74) is 3.09. The number of aliphatic imine (C=N–C) groups is 1. The highest BCUT2D eigenvalue weighted by molar-refractivity contribution is 9.10. The average Bonchev–Trinajstić information content (AvgIpc) is 2.97. The first-order valence-electron chi connectivity index (χ1n) is 6.84. The summed E-state index contributed by atoms with van der Waals surface area (Å²) in [5, 5.41) is 0. The van der Waals surface area contributed by atoms with E-state index in [2.05, 4.69) is 22.0 Å². The van der Waals surface area contributed by atoms with E-state index in [-0.39, 0.29) is 17.6 Å². The maximum absolute atomic E-state index is 13.8. The second kappa shape index (κ2) is 5.98. The maximum Gasteiger partial charge on any atom is 0.165 e. The third-order valence-corrected chi connectivity index (χ3v) is 4.40. The van der Waals surface area contributed by atoms with Gasteiger partial charge in [0, 0.05) is 15.7 Å². The van der Waals surface area contributed by atoms with Crippen LogP contribution in [0.15, 0.2) is 51.9 Å². The molecule has 0 aromatic heterocycles. The van der Waals surface area contributed by atoms with Crippen molar-refractivity contribution in [2.24, 2.45) is 4.99 Å². The van der Waals surface area contributed by atoms with Crippen LogP contribution in [0.3, 0.4) is 0 Å². The minimum Gasteiger partial charge on any atom is -0.494 e. The topological polar surface area (TPSA) is 21.6 Å². The van der Waals surface area contributed by atoms with E-state index in [4.69, 9.17) is 9.73 Å². The number of benzene rings is 2. The number of methoxy groups -OCH3 is 1. The minimum atomic E-state index is -0.334. The number of halogens is 2. The molecule has 108 valence electrons. The van der Waals surface area contributed by atoms with Gasteiger partial charge in [0.15, 0.2) is 11.6 Å². The van der Waals surface area contributed by atoms with Crippen molar-refractivity contribution in [2.45, 2.75) is 18.9 Å². The molecule has 0 aliphatic carbocycles. The lowest BCUT2D eigenvalue weighted by molar-refractivity contribution is 0.386. The van der Waals surface area contributed by atoms with Crippen LogP contribution >= 0.6 is 15.9 Å². The van der Waals surface area contributed by atoms with E-state index in [1.165, 1.54) is 13.2 Å². The molecule has 1 aliphatic heterocycles. The SMILES string of the molecule is COc1ccc(C2CCC(c3ccccc3Br)=N2)cc1F. The largest absolute Gasteiger partial charge is 0.494 e. The Kier molecular flexibility index (Phi) is 4.06. The first-order valence-corrected chi connectivity index (χ1v) is 7.63. The molecule has 0 amide bonds. The molecule has 4 heteroatoms. The van der Waals surface area contributed by atoms with Crippen molar-refractivity contribution in [1.29, 1.82) is 0 Å². The highest BCUT2D eigenvalue weighted by Crippen LogP contribution is 2.34. The van der Waals surface area contributed by atoms with Crippen molar-refractivity contribution in [3.63, 3.8) is 0 Å². The molecule has 1 unspecified atom stereocenters. The van der Waals surface area contributed by atoms with Crippen LogP contribution in [0, 0.1) is 5.82 Å². The van der Waals surface area contributed by atoms with E-state index in [1.807, 2.05) is 24.3 Å². The van der Waals surface area contributed by atoms with Gasteiger partial charge in [-0.15, -0.1) is 0 Å². The standard InChI is InChI=1S/C17H15BrFNO/c1-21-17-9-6-11(10-14(17)19)15-7-8-16(20-15)12-4-2-3-5-13(12)18/h2-6,9-10,15H,7-8H2,1H3. The molecule has 1 atom stereocenters. The first kappa shape index (κ1) is 14.3. The molecule has 2 aromatic carbocycles. The number of hydrogen-bond acceptors (Lipinski definition) is 2. The summed E-state index contributed by atoms with van der Waals surface area (Å²) in [4.78, 5) is 4.77. The van der Waals surface area contributed by atoms with Crippen LogP contribution in [0.4, 0.5) is 4.39 Å². The molecule has 1 heterocycles. The van der Waals surface area contributed by atoms with Crippen LogP contribution in [-0.2, 0) is 0 Å². The lowest BCUT2D eigenvalue weighted by Gasteiger charge is -2.09. The molecule has 0 N–H and O–H groups in total. The van der Waals surface area contributed by atoms with Gasteiger partial charge >= 0.3 is 0 Å². The van der Waals surface area contributed by atoms with Gasteiger partial charge in [0.05, 0.1) is 13.2 Å². The fourth-order valence-electron chi connectivity index (χ4n) is 2.62. The number of rotatable bonds is 3. The van der Waals surface area contributed by atoms with E-state index in [0.717, 1.165) is 34.2 Å². The van der Waals surface area contributed by atoms with Gasteiger partial charge in [-0.3, -0.25) is 4.99 Å². The van der Waals surface area contributed by atoms with Gasteiger partial charge in [0.2, 0.25) is 0 Å². The van der Waals surface area contributed by atoms with Gasteiger partial charge < -0.3 is 4.74 Å². The molecule has 2 aromatic rings. The molecule has 3 rings (SSSR count). The highest BCUT2D eigenvalue weighted by Gasteiger charge is 2.22. The molecular formula is C17H15BrFNO. The first-order chi connectivity index (χ1) is 10.2. The lowest BCUT2D eigenvalue weighted by Crippen LogP contribution is -1.96. The Bertz CT molecular complexity index is 699. The summed E-state index contributed by atoms with van der Waals surface area (Å²) in [5.74, 6) is -0.0636. The summed E-state index contributed by atoms with van der Waals surface area (Å²) in [6, 6.07) is 13.2. The molecular weight excluding hydrogens is 333 g/mol. The van der Waals surface area contributed by atoms with E-state index in [1.54, 1.807) is 6.07 Å². The van der Waals surface area contributed by atoms with Crippen LogP contribution in [0.5, 0.6) is 5.75 Å². The normalized spacial score (nSPS) is 17.7. The molecule has 0 saturated heterocycles. The van der Waals surface area contributed by atoms with Crippen molar-refractivity contribution < 1.29 is 9.13 Å². The zero-order chi connectivity index (χ0) is 14.8.